The summed E-state index contributed by atoms with van der Waals surface area (Å²) in [7, 11) is 0. The molecule has 0 radical (unpaired) electrons. The molecule has 0 bridgehead atoms. The third-order valence-electron chi connectivity index (χ3n) is 9.60. The van der Waals surface area contributed by atoms with Crippen molar-refractivity contribution in [2.24, 2.45) is 4.99 Å². The first-order valence-corrected chi connectivity index (χ1v) is 19.4. The number of benzene rings is 6. The van der Waals surface area contributed by atoms with Crippen LogP contribution >= 0.6 is 0 Å². The Hall–Kier alpha value is -8.44. The highest BCUT2D eigenvalue weighted by atomic mass is 16.3. The molecule has 11 heteroatoms. The molecule has 12 rings (SSSR count). The van der Waals surface area contributed by atoms with E-state index in [2.05, 4.69) is 62.0 Å². The quantitative estimate of drug-likeness (QED) is 0.119. The maximum atomic E-state index is 9.73. The number of aliphatic imine (C=N–C) groups is 1. The lowest BCUT2D eigenvalue weighted by Crippen LogP contribution is -1.90. The van der Waals surface area contributed by atoms with Gasteiger partial charge in [0.15, 0.2) is 5.82 Å². The van der Waals surface area contributed by atoms with Crippen LogP contribution in [0.25, 0.3) is 78.4 Å². The number of nitrogens with one attached hydrogen (secondary N) is 4. The lowest BCUT2D eigenvalue weighted by Gasteiger charge is -1.98. The van der Waals surface area contributed by atoms with E-state index in [1.54, 1.807) is 24.5 Å². The van der Waals surface area contributed by atoms with Gasteiger partial charge in [0, 0.05) is 18.0 Å². The number of phenols is 1. The van der Waals surface area contributed by atoms with Crippen LogP contribution in [0.15, 0.2) is 193 Å². The van der Waals surface area contributed by atoms with Crippen LogP contribution in [-0.4, -0.2) is 56.2 Å². The molecule has 0 saturated heterocycles. The van der Waals surface area contributed by atoms with Crippen molar-refractivity contribution in [1.82, 2.24) is 44.9 Å². The van der Waals surface area contributed by atoms with Gasteiger partial charge in [0.05, 0.1) is 49.7 Å². The SMILES string of the molecule is C1=CC(c2nc3ccccc3[nH]2)N=C1.Oc1ccccc1-c1nc2ccccc2[nH]1.c1ccc(-c2nc3ccccc3[nH]2)cc1.c1ccc(-c2nc3ccccc3[nH]2)nc1. The summed E-state index contributed by atoms with van der Waals surface area (Å²) in [5.41, 5.74) is 10.8. The van der Waals surface area contributed by atoms with E-state index in [0.29, 0.717) is 5.82 Å². The Morgan fingerprint density at radius 1 is 0.433 bits per heavy atom. The van der Waals surface area contributed by atoms with E-state index in [0.717, 1.165) is 78.4 Å². The molecule has 0 aliphatic carbocycles. The first-order chi connectivity index (χ1) is 29.6. The zero-order valence-electron chi connectivity index (χ0n) is 32.2. The van der Waals surface area contributed by atoms with Crippen molar-refractivity contribution >= 4 is 50.3 Å². The van der Waals surface area contributed by atoms with Crippen LogP contribution in [0.4, 0.5) is 0 Å². The Morgan fingerprint density at radius 2 is 0.933 bits per heavy atom. The third-order valence-corrected chi connectivity index (χ3v) is 9.60. The monoisotopic (exact) mass is 782 g/mol. The number of aromatic hydroxyl groups is 1. The molecule has 6 heterocycles. The Bertz CT molecular complexity index is 2940. The summed E-state index contributed by atoms with van der Waals surface area (Å²) in [6.07, 6.45) is 7.54. The minimum Gasteiger partial charge on any atom is -0.507 e. The van der Waals surface area contributed by atoms with Gasteiger partial charge in [0.2, 0.25) is 0 Å². The van der Waals surface area contributed by atoms with E-state index in [-0.39, 0.29) is 11.8 Å². The molecule has 60 heavy (non-hydrogen) atoms. The Labute approximate surface area is 344 Å². The van der Waals surface area contributed by atoms with Crippen molar-refractivity contribution in [2.75, 3.05) is 0 Å². The average Bonchev–Trinajstić information content (AvgIpc) is 4.17. The fourth-order valence-electron chi connectivity index (χ4n) is 6.64. The molecule has 1 aliphatic rings. The van der Waals surface area contributed by atoms with Crippen LogP contribution in [0.2, 0.25) is 0 Å². The predicted molar refractivity (Wildman–Crippen MR) is 241 cm³/mol. The number of H-pyrrole nitrogens is 4. The van der Waals surface area contributed by atoms with Gasteiger partial charge in [-0.15, -0.1) is 0 Å². The van der Waals surface area contributed by atoms with Crippen LogP contribution < -0.4 is 0 Å². The molecule has 0 amide bonds. The molecule has 11 nitrogen and oxygen atoms in total. The van der Waals surface area contributed by atoms with Gasteiger partial charge in [-0.25, -0.2) is 19.9 Å². The van der Waals surface area contributed by atoms with Crippen LogP contribution in [0.1, 0.15) is 11.9 Å². The summed E-state index contributed by atoms with van der Waals surface area (Å²) in [4.78, 5) is 39.4. The number of pyridine rings is 1. The van der Waals surface area contributed by atoms with Gasteiger partial charge in [-0.1, -0.05) is 103 Å². The molecule has 290 valence electrons. The number of nitrogens with zero attached hydrogens (tertiary/aromatic N) is 6. The molecular formula is C49H38N10O. The van der Waals surface area contributed by atoms with Gasteiger partial charge in [0.1, 0.15) is 35.0 Å². The van der Waals surface area contributed by atoms with Gasteiger partial charge in [-0.2, -0.15) is 0 Å². The van der Waals surface area contributed by atoms with Gasteiger partial charge in [0.25, 0.3) is 0 Å². The highest BCUT2D eigenvalue weighted by molar-refractivity contribution is 5.82. The molecule has 1 atom stereocenters. The van der Waals surface area contributed by atoms with Crippen LogP contribution in [0.3, 0.4) is 0 Å². The maximum absolute atomic E-state index is 9.73. The van der Waals surface area contributed by atoms with E-state index >= 15 is 0 Å². The van der Waals surface area contributed by atoms with Crippen molar-refractivity contribution in [3.63, 3.8) is 0 Å². The standard InChI is InChI=1S/C13H10N2O.C13H10N2.C12H9N3.C11H9N3/c16-12-8-4-1-5-9(12)13-14-10-6-2-3-7-11(10)15-13;1-2-6-10(7-3-1)13-14-11-8-4-5-9-12(11)15-13;1-2-6-10-9(5-1)14-12(15-10)11-7-3-4-8-13-11;1-2-5-9-8(4-1)13-11(14-9)10-6-3-7-12-10/h1-8,16H,(H,14,15);1-9H,(H,14,15);1-8H,(H,14,15);1-7,10H,(H,13,14). The molecule has 11 aromatic rings. The zero-order chi connectivity index (χ0) is 40.5. The molecule has 0 fully saturated rings. The summed E-state index contributed by atoms with van der Waals surface area (Å²) in [5.74, 6) is 3.59. The number of allylic oxidation sites excluding steroid dienone is 1. The van der Waals surface area contributed by atoms with Gasteiger partial charge in [-0.05, 0) is 78.9 Å². The number of aromatic nitrogens is 9. The molecule has 5 aromatic heterocycles. The molecule has 5 N–H and O–H groups in total. The number of para-hydroxylation sites is 9. The van der Waals surface area contributed by atoms with Gasteiger partial charge >= 0.3 is 0 Å². The fourth-order valence-corrected chi connectivity index (χ4v) is 6.64. The van der Waals surface area contributed by atoms with E-state index < -0.39 is 0 Å². The fraction of sp³-hybridized carbons (Fsp3) is 0.0204. The second kappa shape index (κ2) is 17.4. The van der Waals surface area contributed by atoms with E-state index in [1.807, 2.05) is 158 Å². The van der Waals surface area contributed by atoms with Crippen molar-refractivity contribution < 1.29 is 5.11 Å². The number of rotatable bonds is 4. The molecule has 6 aromatic carbocycles. The highest BCUT2D eigenvalue weighted by Gasteiger charge is 2.13. The Balaban J connectivity index is 0.000000103. The van der Waals surface area contributed by atoms with Crippen LogP contribution in [0.5, 0.6) is 5.75 Å². The largest absolute Gasteiger partial charge is 0.507 e. The number of hydrogen-bond acceptors (Lipinski definition) is 7. The summed E-state index contributed by atoms with van der Waals surface area (Å²) < 4.78 is 0. The maximum Gasteiger partial charge on any atom is 0.157 e. The zero-order valence-corrected chi connectivity index (χ0v) is 32.2. The lowest BCUT2D eigenvalue weighted by molar-refractivity contribution is 0.477. The second-order valence-corrected chi connectivity index (χ2v) is 13.7. The summed E-state index contributed by atoms with van der Waals surface area (Å²) >= 11 is 0. The summed E-state index contributed by atoms with van der Waals surface area (Å²) in [6.45, 7) is 0. The molecule has 0 spiro atoms. The Kier molecular flexibility index (Phi) is 10.8. The normalized spacial score (nSPS) is 12.8. The topological polar surface area (TPSA) is 160 Å². The van der Waals surface area contributed by atoms with Gasteiger partial charge < -0.3 is 25.0 Å². The number of imidazole rings is 4. The lowest BCUT2D eigenvalue weighted by atomic mass is 10.2. The summed E-state index contributed by atoms with van der Waals surface area (Å²) in [5, 5.41) is 9.73. The first kappa shape index (κ1) is 37.2. The minimum atomic E-state index is 0.0717. The predicted octanol–water partition coefficient (Wildman–Crippen LogP) is 11.0. The van der Waals surface area contributed by atoms with Gasteiger partial charge in [-0.3, -0.25) is 9.98 Å². The number of phenolic OH excluding ortho intramolecular Hbond substituents is 1. The van der Waals surface area contributed by atoms with Crippen LogP contribution in [0, 0.1) is 0 Å². The van der Waals surface area contributed by atoms with Crippen molar-refractivity contribution in [1.29, 1.82) is 0 Å². The van der Waals surface area contributed by atoms with E-state index in [4.69, 9.17) is 0 Å². The van der Waals surface area contributed by atoms with Crippen molar-refractivity contribution in [3.8, 4) is 40.0 Å². The second-order valence-electron chi connectivity index (χ2n) is 13.7. The minimum absolute atomic E-state index is 0.0717. The number of aromatic amines is 4. The first-order valence-electron chi connectivity index (χ1n) is 19.4. The Morgan fingerprint density at radius 3 is 1.50 bits per heavy atom. The van der Waals surface area contributed by atoms with Crippen molar-refractivity contribution in [2.45, 2.75) is 6.04 Å². The number of fused-ring (bicyclic) bond motifs is 4. The average molecular weight is 783 g/mol. The van der Waals surface area contributed by atoms with E-state index in [9.17, 15) is 5.11 Å². The summed E-state index contributed by atoms with van der Waals surface area (Å²) in [6, 6.07) is 55.0. The molecule has 0 saturated carbocycles. The van der Waals surface area contributed by atoms with Crippen molar-refractivity contribution in [3.05, 3.63) is 194 Å². The third kappa shape index (κ3) is 8.46. The van der Waals surface area contributed by atoms with E-state index in [1.165, 1.54) is 0 Å². The van der Waals surface area contributed by atoms with Crippen LogP contribution in [-0.2, 0) is 0 Å². The smallest absolute Gasteiger partial charge is 0.157 e. The number of hydrogen-bond donors (Lipinski definition) is 5. The highest BCUT2D eigenvalue weighted by Crippen LogP contribution is 2.28. The molecule has 1 unspecified atom stereocenters. The molecular weight excluding hydrogens is 745 g/mol. The molecule has 1 aliphatic heterocycles.